The predicted octanol–water partition coefficient (Wildman–Crippen LogP) is 1.82. The topological polar surface area (TPSA) is 110 Å². The van der Waals surface area contributed by atoms with E-state index in [-0.39, 0.29) is 36.2 Å². The summed E-state index contributed by atoms with van der Waals surface area (Å²) in [5.41, 5.74) is 2.70. The highest BCUT2D eigenvalue weighted by molar-refractivity contribution is 7.89. The third-order valence-electron chi connectivity index (χ3n) is 5.81. The molecule has 176 valence electrons. The monoisotopic (exact) mass is 479 g/mol. The van der Waals surface area contributed by atoms with Crippen LogP contribution >= 0.6 is 0 Å². The van der Waals surface area contributed by atoms with Gasteiger partial charge in [0.25, 0.3) is 16.4 Å². The van der Waals surface area contributed by atoms with Crippen molar-refractivity contribution >= 4 is 15.9 Å². The lowest BCUT2D eigenvalue weighted by molar-refractivity contribution is -0.134. The summed E-state index contributed by atoms with van der Waals surface area (Å²) in [5, 5.41) is 17.8. The molecule has 12 heteroatoms. The van der Waals surface area contributed by atoms with Crippen LogP contribution in [-0.4, -0.2) is 56.3 Å². The SMILES string of the molecule is Cc1ccccc1[C@H](CO)C(=O)N1Cc2cn(S(=O)(=O)c3cnn(CC(F)F)c3C)nc2C1. The number of aromatic nitrogens is 4. The molecule has 1 amide bonds. The Balaban J connectivity index is 1.54. The largest absolute Gasteiger partial charge is 0.395 e. The molecule has 2 aromatic heterocycles. The third kappa shape index (κ3) is 4.15. The fourth-order valence-electron chi connectivity index (χ4n) is 4.01. The van der Waals surface area contributed by atoms with Crippen LogP contribution in [0.25, 0.3) is 0 Å². The van der Waals surface area contributed by atoms with Gasteiger partial charge in [0.15, 0.2) is 0 Å². The van der Waals surface area contributed by atoms with Crippen LogP contribution in [-0.2, 0) is 34.5 Å². The minimum absolute atomic E-state index is 0.0896. The Morgan fingerprint density at radius 1 is 1.21 bits per heavy atom. The van der Waals surface area contributed by atoms with E-state index in [0.29, 0.717) is 11.3 Å². The van der Waals surface area contributed by atoms with Crippen LogP contribution < -0.4 is 0 Å². The Labute approximate surface area is 189 Å². The van der Waals surface area contributed by atoms with E-state index < -0.39 is 28.9 Å². The number of amides is 1. The van der Waals surface area contributed by atoms with Gasteiger partial charge in [-0.15, -0.1) is 0 Å². The summed E-state index contributed by atoms with van der Waals surface area (Å²) in [6, 6.07) is 7.32. The van der Waals surface area contributed by atoms with Gasteiger partial charge >= 0.3 is 0 Å². The van der Waals surface area contributed by atoms with Gasteiger partial charge in [-0.2, -0.15) is 22.7 Å². The summed E-state index contributed by atoms with van der Waals surface area (Å²) in [7, 11) is -4.14. The van der Waals surface area contributed by atoms with Crippen molar-refractivity contribution in [1.82, 2.24) is 23.9 Å². The molecule has 4 rings (SSSR count). The number of alkyl halides is 2. The minimum atomic E-state index is -4.14. The van der Waals surface area contributed by atoms with Crippen LogP contribution in [0, 0.1) is 13.8 Å². The maximum Gasteiger partial charge on any atom is 0.286 e. The summed E-state index contributed by atoms with van der Waals surface area (Å²) < 4.78 is 53.1. The number of rotatable bonds is 7. The number of carbonyl (C=O) groups is 1. The average Bonchev–Trinajstić information content (AvgIpc) is 3.44. The molecular formula is C21H23F2N5O4S. The number of fused-ring (bicyclic) bond motifs is 1. The molecule has 0 bridgehead atoms. The first-order chi connectivity index (χ1) is 15.6. The van der Waals surface area contributed by atoms with Gasteiger partial charge < -0.3 is 10.0 Å². The minimum Gasteiger partial charge on any atom is -0.395 e. The van der Waals surface area contributed by atoms with Gasteiger partial charge in [-0.25, -0.2) is 8.78 Å². The molecule has 9 nitrogen and oxygen atoms in total. The molecule has 33 heavy (non-hydrogen) atoms. The Hall–Kier alpha value is -3.12. The second kappa shape index (κ2) is 8.67. The number of benzene rings is 1. The zero-order valence-corrected chi connectivity index (χ0v) is 18.8. The van der Waals surface area contributed by atoms with Gasteiger partial charge in [0.2, 0.25) is 5.91 Å². The van der Waals surface area contributed by atoms with E-state index in [4.69, 9.17) is 0 Å². The number of halogens is 2. The number of hydrogen-bond donors (Lipinski definition) is 1. The van der Waals surface area contributed by atoms with Crippen molar-refractivity contribution in [2.75, 3.05) is 6.61 Å². The number of aryl methyl sites for hydroxylation is 1. The van der Waals surface area contributed by atoms with Crippen LogP contribution in [0.2, 0.25) is 0 Å². The van der Waals surface area contributed by atoms with Crippen molar-refractivity contribution in [1.29, 1.82) is 0 Å². The summed E-state index contributed by atoms with van der Waals surface area (Å²) >= 11 is 0. The summed E-state index contributed by atoms with van der Waals surface area (Å²) in [6.45, 7) is 2.46. The second-order valence-electron chi connectivity index (χ2n) is 7.93. The van der Waals surface area contributed by atoms with Gasteiger partial charge in [-0.1, -0.05) is 24.3 Å². The lowest BCUT2D eigenvalue weighted by Gasteiger charge is -2.23. The molecule has 0 aliphatic carbocycles. The zero-order valence-electron chi connectivity index (χ0n) is 18.0. The second-order valence-corrected chi connectivity index (χ2v) is 9.70. The summed E-state index contributed by atoms with van der Waals surface area (Å²) in [4.78, 5) is 14.4. The van der Waals surface area contributed by atoms with Crippen molar-refractivity contribution < 1.29 is 27.1 Å². The predicted molar refractivity (Wildman–Crippen MR) is 113 cm³/mol. The van der Waals surface area contributed by atoms with Crippen LogP contribution in [0.15, 0.2) is 41.6 Å². The molecular weight excluding hydrogens is 456 g/mol. The smallest absolute Gasteiger partial charge is 0.286 e. The summed E-state index contributed by atoms with van der Waals surface area (Å²) in [5.74, 6) is -1.00. The number of carbonyl (C=O) groups excluding carboxylic acids is 1. The van der Waals surface area contributed by atoms with Crippen molar-refractivity contribution in [3.8, 4) is 0 Å². The fourth-order valence-corrected chi connectivity index (χ4v) is 5.34. The standard InChI is InChI=1S/C21H23F2N5O4S/c1-13-5-3-4-6-16(13)17(12-29)21(30)26-8-15-9-28(25-18(15)10-26)33(31,32)19-7-24-27(14(19)2)11-20(22)23/h3-7,9,17,20,29H,8,10-12H2,1-2H3/t17-/m0/s1. The van der Waals surface area contributed by atoms with Crippen LogP contribution in [0.5, 0.6) is 0 Å². The lowest BCUT2D eigenvalue weighted by Crippen LogP contribution is -2.33. The van der Waals surface area contributed by atoms with Crippen molar-refractivity contribution in [2.24, 2.45) is 0 Å². The Kier molecular flexibility index (Phi) is 6.06. The molecule has 1 aromatic carbocycles. The van der Waals surface area contributed by atoms with Gasteiger partial charge in [-0.3, -0.25) is 9.48 Å². The van der Waals surface area contributed by atoms with Gasteiger partial charge in [-0.05, 0) is 25.0 Å². The molecule has 1 atom stereocenters. The molecule has 0 unspecified atom stereocenters. The highest BCUT2D eigenvalue weighted by Gasteiger charge is 2.34. The van der Waals surface area contributed by atoms with Gasteiger partial charge in [0.1, 0.15) is 11.4 Å². The highest BCUT2D eigenvalue weighted by atomic mass is 32.2. The van der Waals surface area contributed by atoms with Crippen LogP contribution in [0.3, 0.4) is 0 Å². The highest BCUT2D eigenvalue weighted by Crippen LogP contribution is 2.29. The number of aliphatic hydroxyl groups excluding tert-OH is 1. The Morgan fingerprint density at radius 3 is 2.58 bits per heavy atom. The molecule has 0 saturated carbocycles. The first-order valence-corrected chi connectivity index (χ1v) is 11.7. The maximum atomic E-state index is 13.1. The van der Waals surface area contributed by atoms with Gasteiger partial charge in [0, 0.05) is 18.3 Å². The Morgan fingerprint density at radius 2 is 1.94 bits per heavy atom. The first kappa shape index (κ1) is 23.1. The normalized spacial score (nSPS) is 14.7. The average molecular weight is 480 g/mol. The molecule has 0 fully saturated rings. The molecule has 1 N–H and O–H groups in total. The van der Waals surface area contributed by atoms with Crippen LogP contribution in [0.4, 0.5) is 8.78 Å². The Bertz CT molecular complexity index is 1280. The van der Waals surface area contributed by atoms with E-state index >= 15 is 0 Å². The molecule has 3 heterocycles. The number of aliphatic hydroxyl groups is 1. The van der Waals surface area contributed by atoms with E-state index in [0.717, 1.165) is 26.1 Å². The van der Waals surface area contributed by atoms with E-state index in [1.54, 1.807) is 12.1 Å². The molecule has 1 aliphatic rings. The fraction of sp³-hybridized carbons (Fsp3) is 0.381. The van der Waals surface area contributed by atoms with Crippen molar-refractivity contribution in [3.63, 3.8) is 0 Å². The summed E-state index contributed by atoms with van der Waals surface area (Å²) in [6.07, 6.45) is -0.314. The number of nitrogens with zero attached hydrogens (tertiary/aromatic N) is 5. The van der Waals surface area contributed by atoms with E-state index in [2.05, 4.69) is 10.2 Å². The van der Waals surface area contributed by atoms with Crippen LogP contribution in [0.1, 0.15) is 34.0 Å². The molecule has 1 aliphatic heterocycles. The zero-order chi connectivity index (χ0) is 23.9. The molecule has 0 radical (unpaired) electrons. The molecule has 0 saturated heterocycles. The third-order valence-corrected chi connectivity index (χ3v) is 7.44. The quantitative estimate of drug-likeness (QED) is 0.554. The molecule has 3 aromatic rings. The van der Waals surface area contributed by atoms with E-state index in [1.165, 1.54) is 18.0 Å². The first-order valence-electron chi connectivity index (χ1n) is 10.2. The van der Waals surface area contributed by atoms with E-state index in [1.807, 2.05) is 19.1 Å². The maximum absolute atomic E-state index is 13.1. The number of hydrogen-bond acceptors (Lipinski definition) is 6. The molecule has 0 spiro atoms. The van der Waals surface area contributed by atoms with E-state index in [9.17, 15) is 27.1 Å². The van der Waals surface area contributed by atoms with Crippen molar-refractivity contribution in [3.05, 3.63) is 64.7 Å². The van der Waals surface area contributed by atoms with Crippen molar-refractivity contribution in [2.45, 2.75) is 50.7 Å². The van der Waals surface area contributed by atoms with Gasteiger partial charge in [0.05, 0.1) is 36.7 Å². The lowest BCUT2D eigenvalue weighted by atomic mass is 9.94.